The van der Waals surface area contributed by atoms with Gasteiger partial charge in [0.2, 0.25) is 5.88 Å². The van der Waals surface area contributed by atoms with Crippen LogP contribution in [0.15, 0.2) is 59.8 Å². The molecule has 3 rings (SSSR count). The lowest BCUT2D eigenvalue weighted by Gasteiger charge is -2.08. The highest BCUT2D eigenvalue weighted by atomic mass is 32.2. The van der Waals surface area contributed by atoms with Crippen LogP contribution >= 0.6 is 11.8 Å². The van der Waals surface area contributed by atoms with Gasteiger partial charge in [-0.2, -0.15) is 10.2 Å². The summed E-state index contributed by atoms with van der Waals surface area (Å²) in [5.74, 6) is 1.06. The number of nitrogens with zero attached hydrogens (tertiary/aromatic N) is 3. The SMILES string of the molecule is CCc1cc(Oc2cccc(F)c2)nc(SCc2cccc(C#N)c2)n1. The van der Waals surface area contributed by atoms with Crippen LogP contribution < -0.4 is 4.74 Å². The molecule has 4 nitrogen and oxygen atoms in total. The van der Waals surface area contributed by atoms with Gasteiger partial charge in [-0.3, -0.25) is 0 Å². The third-order valence-corrected chi connectivity index (χ3v) is 4.46. The summed E-state index contributed by atoms with van der Waals surface area (Å²) in [4.78, 5) is 8.91. The first-order valence-electron chi connectivity index (χ1n) is 8.09. The normalized spacial score (nSPS) is 10.3. The zero-order valence-electron chi connectivity index (χ0n) is 14.1. The molecule has 6 heteroatoms. The van der Waals surface area contributed by atoms with E-state index in [9.17, 15) is 4.39 Å². The zero-order chi connectivity index (χ0) is 18.4. The van der Waals surface area contributed by atoms with Crippen LogP contribution in [0.4, 0.5) is 4.39 Å². The summed E-state index contributed by atoms with van der Waals surface area (Å²) < 4.78 is 19.0. The van der Waals surface area contributed by atoms with Crippen molar-refractivity contribution in [2.45, 2.75) is 24.3 Å². The predicted molar refractivity (Wildman–Crippen MR) is 98.6 cm³/mol. The largest absolute Gasteiger partial charge is 0.439 e. The molecule has 0 bridgehead atoms. The van der Waals surface area contributed by atoms with Crippen molar-refractivity contribution < 1.29 is 9.13 Å². The average molecular weight is 365 g/mol. The summed E-state index contributed by atoms with van der Waals surface area (Å²) in [6.07, 6.45) is 0.736. The Hall–Kier alpha value is -2.91. The molecule has 0 unspecified atom stereocenters. The van der Waals surface area contributed by atoms with Gasteiger partial charge in [0.25, 0.3) is 0 Å². The van der Waals surface area contributed by atoms with Gasteiger partial charge in [-0.1, -0.05) is 36.9 Å². The number of aromatic nitrogens is 2. The number of hydrogen-bond acceptors (Lipinski definition) is 5. The maximum atomic E-state index is 13.3. The first kappa shape index (κ1) is 17.9. The quantitative estimate of drug-likeness (QED) is 0.447. The Kier molecular flexibility index (Phi) is 5.82. The summed E-state index contributed by atoms with van der Waals surface area (Å²) >= 11 is 1.46. The van der Waals surface area contributed by atoms with E-state index in [0.717, 1.165) is 17.7 Å². The number of thioether (sulfide) groups is 1. The van der Waals surface area contributed by atoms with Crippen LogP contribution in [-0.4, -0.2) is 9.97 Å². The topological polar surface area (TPSA) is 58.8 Å². The van der Waals surface area contributed by atoms with Crippen LogP contribution in [0.2, 0.25) is 0 Å². The van der Waals surface area contributed by atoms with Crippen LogP contribution in [0.3, 0.4) is 0 Å². The van der Waals surface area contributed by atoms with Gasteiger partial charge in [0.1, 0.15) is 11.6 Å². The van der Waals surface area contributed by atoms with E-state index in [1.807, 2.05) is 25.1 Å². The van der Waals surface area contributed by atoms with Crippen LogP contribution in [0.1, 0.15) is 23.7 Å². The fourth-order valence-corrected chi connectivity index (χ4v) is 3.09. The van der Waals surface area contributed by atoms with Crippen LogP contribution in [0, 0.1) is 17.1 Å². The first-order chi connectivity index (χ1) is 12.7. The minimum atomic E-state index is -0.362. The van der Waals surface area contributed by atoms with Gasteiger partial charge in [0.15, 0.2) is 5.16 Å². The van der Waals surface area contributed by atoms with Crippen molar-refractivity contribution in [3.05, 3.63) is 77.2 Å². The highest BCUT2D eigenvalue weighted by Crippen LogP contribution is 2.26. The molecule has 0 spiro atoms. The van der Waals surface area contributed by atoms with E-state index in [2.05, 4.69) is 16.0 Å². The Bertz CT molecular complexity index is 956. The molecule has 0 aliphatic heterocycles. The third kappa shape index (κ3) is 4.80. The molecule has 0 N–H and O–H groups in total. The van der Waals surface area contributed by atoms with Gasteiger partial charge in [-0.25, -0.2) is 9.37 Å². The zero-order valence-corrected chi connectivity index (χ0v) is 15.0. The van der Waals surface area contributed by atoms with Crippen molar-refractivity contribution in [1.29, 1.82) is 5.26 Å². The van der Waals surface area contributed by atoms with Crippen molar-refractivity contribution >= 4 is 11.8 Å². The van der Waals surface area contributed by atoms with Crippen molar-refractivity contribution in [3.8, 4) is 17.7 Å². The van der Waals surface area contributed by atoms with Crippen LogP contribution in [0.5, 0.6) is 11.6 Å². The van der Waals surface area contributed by atoms with Gasteiger partial charge in [-0.05, 0) is 36.2 Å². The second-order valence-corrected chi connectivity index (χ2v) is 6.44. The molecule has 3 aromatic rings. The molecule has 0 amide bonds. The number of rotatable bonds is 6. The fraction of sp³-hybridized carbons (Fsp3) is 0.150. The molecular formula is C20H16FN3OS. The van der Waals surface area contributed by atoms with Gasteiger partial charge in [-0.15, -0.1) is 0 Å². The van der Waals surface area contributed by atoms with Crippen molar-refractivity contribution in [3.63, 3.8) is 0 Å². The maximum absolute atomic E-state index is 13.3. The summed E-state index contributed by atoms with van der Waals surface area (Å²) in [6, 6.07) is 17.3. The molecule has 0 atom stereocenters. The lowest BCUT2D eigenvalue weighted by molar-refractivity contribution is 0.449. The highest BCUT2D eigenvalue weighted by molar-refractivity contribution is 7.98. The van der Waals surface area contributed by atoms with Crippen molar-refractivity contribution in [2.75, 3.05) is 0 Å². The Morgan fingerprint density at radius 2 is 1.96 bits per heavy atom. The molecule has 0 saturated heterocycles. The fourth-order valence-electron chi connectivity index (χ4n) is 2.28. The Morgan fingerprint density at radius 1 is 1.12 bits per heavy atom. The number of hydrogen-bond donors (Lipinski definition) is 0. The molecule has 0 aliphatic carbocycles. The van der Waals surface area contributed by atoms with E-state index >= 15 is 0 Å². The van der Waals surface area contributed by atoms with Gasteiger partial charge < -0.3 is 4.74 Å². The van der Waals surface area contributed by atoms with Crippen molar-refractivity contribution in [1.82, 2.24) is 9.97 Å². The Morgan fingerprint density at radius 3 is 2.73 bits per heavy atom. The standard InChI is InChI=1S/C20H16FN3OS/c1-2-17-11-19(25-18-8-4-7-16(21)10-18)24-20(23-17)26-13-15-6-3-5-14(9-15)12-22/h3-11H,2,13H2,1H3. The van der Waals surface area contributed by atoms with Gasteiger partial charge in [0.05, 0.1) is 11.6 Å². The summed E-state index contributed by atoms with van der Waals surface area (Å²) in [6.45, 7) is 2.00. The molecule has 0 fully saturated rings. The number of ether oxygens (including phenoxy) is 1. The number of aryl methyl sites for hydroxylation is 1. The van der Waals surface area contributed by atoms with Gasteiger partial charge in [0, 0.05) is 23.6 Å². The summed E-state index contributed by atoms with van der Waals surface area (Å²) in [5.41, 5.74) is 2.49. The molecule has 0 saturated carbocycles. The lowest BCUT2D eigenvalue weighted by atomic mass is 10.2. The number of halogens is 1. The minimum absolute atomic E-state index is 0.362. The maximum Gasteiger partial charge on any atom is 0.223 e. The van der Waals surface area contributed by atoms with Crippen LogP contribution in [0.25, 0.3) is 0 Å². The molecule has 1 heterocycles. The smallest absolute Gasteiger partial charge is 0.223 e. The van der Waals surface area contributed by atoms with E-state index < -0.39 is 0 Å². The Labute approximate surface area is 155 Å². The monoisotopic (exact) mass is 365 g/mol. The molecular weight excluding hydrogens is 349 g/mol. The highest BCUT2D eigenvalue weighted by Gasteiger charge is 2.08. The minimum Gasteiger partial charge on any atom is -0.439 e. The van der Waals surface area contributed by atoms with Crippen molar-refractivity contribution in [2.24, 2.45) is 0 Å². The lowest BCUT2D eigenvalue weighted by Crippen LogP contribution is -1.97. The molecule has 130 valence electrons. The molecule has 2 aromatic carbocycles. The second-order valence-electron chi connectivity index (χ2n) is 5.49. The number of benzene rings is 2. The third-order valence-electron chi connectivity index (χ3n) is 3.54. The Balaban J connectivity index is 1.77. The van der Waals surface area contributed by atoms with E-state index in [1.54, 1.807) is 24.3 Å². The molecule has 0 aliphatic rings. The molecule has 1 aromatic heterocycles. The average Bonchev–Trinajstić information content (AvgIpc) is 2.66. The van der Waals surface area contributed by atoms with Crippen LogP contribution in [-0.2, 0) is 12.2 Å². The predicted octanol–water partition coefficient (Wildman–Crippen LogP) is 5.13. The molecule has 0 radical (unpaired) electrons. The van der Waals surface area contributed by atoms with E-state index in [4.69, 9.17) is 10.00 Å². The van der Waals surface area contributed by atoms with E-state index in [1.165, 1.54) is 23.9 Å². The van der Waals surface area contributed by atoms with E-state index in [0.29, 0.717) is 28.1 Å². The first-order valence-corrected chi connectivity index (χ1v) is 9.08. The molecule has 26 heavy (non-hydrogen) atoms. The summed E-state index contributed by atoms with van der Waals surface area (Å²) in [7, 11) is 0. The summed E-state index contributed by atoms with van der Waals surface area (Å²) in [5, 5.41) is 9.57. The second kappa shape index (κ2) is 8.45. The van der Waals surface area contributed by atoms with Gasteiger partial charge >= 0.3 is 0 Å². The number of nitriles is 1. The van der Waals surface area contributed by atoms with E-state index in [-0.39, 0.29) is 5.82 Å².